The summed E-state index contributed by atoms with van der Waals surface area (Å²) in [5, 5.41) is 10.2. The van der Waals surface area contributed by atoms with Crippen LogP contribution in [0, 0.1) is 5.92 Å². The summed E-state index contributed by atoms with van der Waals surface area (Å²) in [7, 11) is 0. The Hall–Kier alpha value is -2.51. The number of nitrogens with one attached hydrogen (secondary N) is 2. The van der Waals surface area contributed by atoms with E-state index in [1.54, 1.807) is 18.6 Å². The van der Waals surface area contributed by atoms with Gasteiger partial charge >= 0.3 is 6.03 Å². The van der Waals surface area contributed by atoms with Crippen LogP contribution >= 0.6 is 0 Å². The van der Waals surface area contributed by atoms with Gasteiger partial charge < -0.3 is 10.2 Å². The summed E-state index contributed by atoms with van der Waals surface area (Å²) in [5.41, 5.74) is 0.658. The number of amides is 2. The molecule has 0 radical (unpaired) electrons. The smallest absolute Gasteiger partial charge is 0.317 e. The number of carbonyl (C=O) groups excluding carboxylic acids is 1. The van der Waals surface area contributed by atoms with E-state index in [2.05, 4.69) is 44.3 Å². The third-order valence-electron chi connectivity index (χ3n) is 4.13. The van der Waals surface area contributed by atoms with Crippen molar-refractivity contribution in [2.24, 2.45) is 5.92 Å². The fraction of sp³-hybridized carbons (Fsp3) is 0.562. The van der Waals surface area contributed by atoms with E-state index in [1.165, 1.54) is 0 Å². The predicted octanol–water partition coefficient (Wildman–Crippen LogP) is 1.81. The molecule has 0 atom stereocenters. The van der Waals surface area contributed by atoms with E-state index >= 15 is 0 Å². The first-order valence-corrected chi connectivity index (χ1v) is 8.35. The van der Waals surface area contributed by atoms with Gasteiger partial charge in [0.15, 0.2) is 0 Å². The molecule has 0 unspecified atom stereocenters. The highest BCUT2D eigenvalue weighted by molar-refractivity contribution is 5.74. The first-order chi connectivity index (χ1) is 11.6. The van der Waals surface area contributed by atoms with Crippen LogP contribution in [0.25, 0.3) is 11.5 Å². The number of likely N-dealkylation sites (tertiary alicyclic amines) is 1. The van der Waals surface area contributed by atoms with Gasteiger partial charge in [-0.05, 0) is 18.8 Å². The SMILES string of the molecule is CC(C)CNC(=O)N1CCC(c2nc(-c3cnccn3)n[nH]2)CC1. The van der Waals surface area contributed by atoms with Gasteiger partial charge in [0.2, 0.25) is 5.82 Å². The van der Waals surface area contributed by atoms with E-state index in [-0.39, 0.29) is 11.9 Å². The summed E-state index contributed by atoms with van der Waals surface area (Å²) in [6.45, 7) is 6.35. The first kappa shape index (κ1) is 16.4. The van der Waals surface area contributed by atoms with Crippen LogP contribution in [-0.4, -0.2) is 55.7 Å². The number of carbonyl (C=O) groups is 1. The Morgan fingerprint density at radius 3 is 2.83 bits per heavy atom. The highest BCUT2D eigenvalue weighted by Crippen LogP contribution is 2.26. The van der Waals surface area contributed by atoms with Crippen molar-refractivity contribution in [2.75, 3.05) is 19.6 Å². The minimum atomic E-state index is 0.0277. The molecule has 2 amide bonds. The maximum Gasteiger partial charge on any atom is 0.317 e. The standard InChI is InChI=1S/C16H23N7O/c1-11(2)9-19-16(24)23-7-3-12(4-8-23)14-20-15(22-21-14)13-10-17-5-6-18-13/h5-6,10-12H,3-4,7-9H2,1-2H3,(H,19,24)(H,20,21,22). The lowest BCUT2D eigenvalue weighted by Gasteiger charge is -2.31. The monoisotopic (exact) mass is 329 g/mol. The van der Waals surface area contributed by atoms with E-state index in [0.29, 0.717) is 24.0 Å². The van der Waals surface area contributed by atoms with Crippen LogP contribution in [-0.2, 0) is 0 Å². The average molecular weight is 329 g/mol. The molecule has 1 fully saturated rings. The highest BCUT2D eigenvalue weighted by atomic mass is 16.2. The number of rotatable bonds is 4. The predicted molar refractivity (Wildman–Crippen MR) is 89.2 cm³/mol. The van der Waals surface area contributed by atoms with Gasteiger partial charge in [0.05, 0.1) is 6.20 Å². The minimum absolute atomic E-state index is 0.0277. The van der Waals surface area contributed by atoms with E-state index in [1.807, 2.05) is 4.90 Å². The van der Waals surface area contributed by atoms with E-state index in [4.69, 9.17) is 0 Å². The molecule has 128 valence electrons. The first-order valence-electron chi connectivity index (χ1n) is 8.35. The lowest BCUT2D eigenvalue weighted by atomic mass is 9.96. The van der Waals surface area contributed by atoms with Crippen LogP contribution in [0.3, 0.4) is 0 Å². The molecule has 1 aliphatic heterocycles. The molecular weight excluding hydrogens is 306 g/mol. The van der Waals surface area contributed by atoms with Crippen molar-refractivity contribution in [1.82, 2.24) is 35.4 Å². The van der Waals surface area contributed by atoms with Gasteiger partial charge in [0.1, 0.15) is 11.5 Å². The molecule has 2 aromatic heterocycles. The summed E-state index contributed by atoms with van der Waals surface area (Å²) >= 11 is 0. The van der Waals surface area contributed by atoms with Crippen molar-refractivity contribution in [2.45, 2.75) is 32.6 Å². The molecule has 0 bridgehead atoms. The largest absolute Gasteiger partial charge is 0.338 e. The molecule has 0 saturated carbocycles. The number of aromatic nitrogens is 5. The van der Waals surface area contributed by atoms with Crippen LogP contribution in [0.15, 0.2) is 18.6 Å². The van der Waals surface area contributed by atoms with Crippen molar-refractivity contribution in [3.05, 3.63) is 24.4 Å². The fourth-order valence-corrected chi connectivity index (χ4v) is 2.75. The zero-order valence-electron chi connectivity index (χ0n) is 14.1. The molecule has 1 aliphatic rings. The zero-order valence-corrected chi connectivity index (χ0v) is 14.1. The molecule has 8 nitrogen and oxygen atoms in total. The van der Waals surface area contributed by atoms with E-state index in [0.717, 1.165) is 31.8 Å². The molecule has 2 aromatic rings. The number of urea groups is 1. The van der Waals surface area contributed by atoms with Crippen molar-refractivity contribution < 1.29 is 4.79 Å². The second-order valence-corrected chi connectivity index (χ2v) is 6.48. The van der Waals surface area contributed by atoms with Crippen LogP contribution in [0.5, 0.6) is 0 Å². The fourth-order valence-electron chi connectivity index (χ4n) is 2.75. The van der Waals surface area contributed by atoms with Gasteiger partial charge in [0, 0.05) is 37.9 Å². The molecule has 24 heavy (non-hydrogen) atoms. The average Bonchev–Trinajstić information content (AvgIpc) is 3.10. The van der Waals surface area contributed by atoms with E-state index in [9.17, 15) is 4.79 Å². The topological polar surface area (TPSA) is 99.7 Å². The number of H-pyrrole nitrogens is 1. The maximum atomic E-state index is 12.1. The molecular formula is C16H23N7O. The zero-order chi connectivity index (χ0) is 16.9. The van der Waals surface area contributed by atoms with Crippen molar-refractivity contribution in [1.29, 1.82) is 0 Å². The number of aromatic amines is 1. The molecule has 3 rings (SSSR count). The van der Waals surface area contributed by atoms with Gasteiger partial charge in [-0.2, -0.15) is 5.10 Å². The summed E-state index contributed by atoms with van der Waals surface area (Å²) < 4.78 is 0. The molecule has 3 heterocycles. The van der Waals surface area contributed by atoms with Gasteiger partial charge in [-0.25, -0.2) is 14.8 Å². The Balaban J connectivity index is 1.55. The Morgan fingerprint density at radius 2 is 2.17 bits per heavy atom. The summed E-state index contributed by atoms with van der Waals surface area (Å²) in [4.78, 5) is 26.8. The second kappa shape index (κ2) is 7.37. The van der Waals surface area contributed by atoms with Crippen molar-refractivity contribution >= 4 is 6.03 Å². The molecule has 0 spiro atoms. The second-order valence-electron chi connectivity index (χ2n) is 6.48. The lowest BCUT2D eigenvalue weighted by Crippen LogP contribution is -2.45. The van der Waals surface area contributed by atoms with E-state index < -0.39 is 0 Å². The van der Waals surface area contributed by atoms with Crippen LogP contribution in [0.2, 0.25) is 0 Å². The summed E-state index contributed by atoms with van der Waals surface area (Å²) in [6.07, 6.45) is 6.65. The molecule has 8 heteroatoms. The number of piperidine rings is 1. The Bertz CT molecular complexity index is 662. The molecule has 0 aliphatic carbocycles. The summed E-state index contributed by atoms with van der Waals surface area (Å²) in [5.74, 6) is 2.17. The molecule has 2 N–H and O–H groups in total. The van der Waals surface area contributed by atoms with Gasteiger partial charge in [-0.15, -0.1) is 0 Å². The van der Waals surface area contributed by atoms with Gasteiger partial charge in [-0.1, -0.05) is 13.8 Å². The van der Waals surface area contributed by atoms with Crippen LogP contribution in [0.1, 0.15) is 38.4 Å². The highest BCUT2D eigenvalue weighted by Gasteiger charge is 2.26. The number of hydrogen-bond acceptors (Lipinski definition) is 5. The maximum absolute atomic E-state index is 12.1. The van der Waals surface area contributed by atoms with Gasteiger partial charge in [0.25, 0.3) is 0 Å². The molecule has 1 saturated heterocycles. The molecule has 0 aromatic carbocycles. The summed E-state index contributed by atoms with van der Waals surface area (Å²) in [6, 6.07) is 0.0277. The quantitative estimate of drug-likeness (QED) is 0.891. The Kier molecular flexibility index (Phi) is 5.02. The Morgan fingerprint density at radius 1 is 1.38 bits per heavy atom. The van der Waals surface area contributed by atoms with Crippen molar-refractivity contribution in [3.63, 3.8) is 0 Å². The Labute approximate surface area is 141 Å². The minimum Gasteiger partial charge on any atom is -0.338 e. The van der Waals surface area contributed by atoms with Crippen LogP contribution in [0.4, 0.5) is 4.79 Å². The normalized spacial score (nSPS) is 15.7. The third kappa shape index (κ3) is 3.87. The third-order valence-corrected chi connectivity index (χ3v) is 4.13. The van der Waals surface area contributed by atoms with Crippen LogP contribution < -0.4 is 5.32 Å². The van der Waals surface area contributed by atoms with Crippen molar-refractivity contribution in [3.8, 4) is 11.5 Å². The van der Waals surface area contributed by atoms with Gasteiger partial charge in [-0.3, -0.25) is 10.1 Å². The number of nitrogens with zero attached hydrogens (tertiary/aromatic N) is 5. The number of hydrogen-bond donors (Lipinski definition) is 2. The lowest BCUT2D eigenvalue weighted by molar-refractivity contribution is 0.179.